The molecule has 1 aliphatic rings. The highest BCUT2D eigenvalue weighted by Crippen LogP contribution is 2.20. The summed E-state index contributed by atoms with van der Waals surface area (Å²) in [5.74, 6) is 1.38. The van der Waals surface area contributed by atoms with Crippen LogP contribution in [-0.4, -0.2) is 48.3 Å². The molecule has 0 aromatic heterocycles. The highest BCUT2D eigenvalue weighted by Gasteiger charge is 2.25. The Morgan fingerprint density at radius 3 is 2.61 bits per heavy atom. The zero-order chi connectivity index (χ0) is 13.5. The van der Waals surface area contributed by atoms with Gasteiger partial charge >= 0.3 is 0 Å². The summed E-state index contributed by atoms with van der Waals surface area (Å²) in [6.45, 7) is 12.9. The quantitative estimate of drug-likeness (QED) is 0.732. The topological polar surface area (TPSA) is 35.5 Å². The number of nitrogens with zero attached hydrogens (tertiary/aromatic N) is 1. The Labute approximate surface area is 113 Å². The second-order valence-electron chi connectivity index (χ2n) is 6.26. The molecular formula is C15H32N2O. The van der Waals surface area contributed by atoms with Crippen molar-refractivity contribution >= 4 is 0 Å². The lowest BCUT2D eigenvalue weighted by molar-refractivity contribution is 0.139. The summed E-state index contributed by atoms with van der Waals surface area (Å²) in [7, 11) is 0. The van der Waals surface area contributed by atoms with Crippen LogP contribution in [0.25, 0.3) is 0 Å². The molecule has 0 spiro atoms. The number of hydrogen-bond acceptors (Lipinski definition) is 3. The van der Waals surface area contributed by atoms with E-state index in [1.807, 2.05) is 0 Å². The highest BCUT2D eigenvalue weighted by molar-refractivity contribution is 4.82. The number of aliphatic hydroxyl groups is 1. The molecule has 3 heteroatoms. The van der Waals surface area contributed by atoms with Crippen LogP contribution in [0.1, 0.15) is 47.0 Å². The molecule has 18 heavy (non-hydrogen) atoms. The normalized spacial score (nSPS) is 25.3. The lowest BCUT2D eigenvalue weighted by atomic mass is 9.90. The SMILES string of the molecule is CCN1CCCC(C(C)NC(CO)CC(C)C)C1. The third-order valence-corrected chi connectivity index (χ3v) is 4.17. The maximum Gasteiger partial charge on any atom is 0.0584 e. The lowest BCUT2D eigenvalue weighted by Gasteiger charge is -2.37. The molecule has 0 aliphatic carbocycles. The van der Waals surface area contributed by atoms with Crippen LogP contribution in [0.2, 0.25) is 0 Å². The van der Waals surface area contributed by atoms with Crippen molar-refractivity contribution in [1.82, 2.24) is 10.2 Å². The second kappa shape index (κ2) is 8.13. The molecule has 1 fully saturated rings. The third-order valence-electron chi connectivity index (χ3n) is 4.17. The van der Waals surface area contributed by atoms with Gasteiger partial charge in [-0.1, -0.05) is 20.8 Å². The van der Waals surface area contributed by atoms with Gasteiger partial charge in [0, 0.05) is 18.6 Å². The maximum absolute atomic E-state index is 9.45. The molecule has 1 rings (SSSR count). The molecule has 1 heterocycles. The van der Waals surface area contributed by atoms with Crippen LogP contribution in [0.5, 0.6) is 0 Å². The first-order valence-corrected chi connectivity index (χ1v) is 7.66. The minimum atomic E-state index is 0.257. The fraction of sp³-hybridized carbons (Fsp3) is 1.00. The van der Waals surface area contributed by atoms with Gasteiger partial charge in [0.2, 0.25) is 0 Å². The summed E-state index contributed by atoms with van der Waals surface area (Å²) in [4.78, 5) is 2.54. The molecule has 0 saturated carbocycles. The molecule has 3 nitrogen and oxygen atoms in total. The predicted octanol–water partition coefficient (Wildman–Crippen LogP) is 2.10. The van der Waals surface area contributed by atoms with Crippen LogP contribution in [0.3, 0.4) is 0 Å². The van der Waals surface area contributed by atoms with Crippen molar-refractivity contribution in [2.45, 2.75) is 59.0 Å². The summed E-state index contributed by atoms with van der Waals surface area (Å²) in [6.07, 6.45) is 3.70. The van der Waals surface area contributed by atoms with Crippen LogP contribution in [0, 0.1) is 11.8 Å². The van der Waals surface area contributed by atoms with E-state index in [2.05, 4.69) is 37.9 Å². The highest BCUT2D eigenvalue weighted by atomic mass is 16.3. The Morgan fingerprint density at radius 2 is 2.06 bits per heavy atom. The Balaban J connectivity index is 2.40. The molecule has 0 aromatic carbocycles. The van der Waals surface area contributed by atoms with E-state index in [4.69, 9.17) is 0 Å². The standard InChI is InChI=1S/C15H32N2O/c1-5-17-8-6-7-14(10-17)13(4)16-15(11-18)9-12(2)3/h12-16,18H,5-11H2,1-4H3. The average Bonchev–Trinajstić information content (AvgIpc) is 2.37. The Hall–Kier alpha value is -0.120. The first-order chi connectivity index (χ1) is 8.56. The van der Waals surface area contributed by atoms with E-state index in [9.17, 15) is 5.11 Å². The average molecular weight is 256 g/mol. The maximum atomic E-state index is 9.45. The van der Waals surface area contributed by atoms with Crippen molar-refractivity contribution in [3.63, 3.8) is 0 Å². The van der Waals surface area contributed by atoms with Gasteiger partial charge in [0.15, 0.2) is 0 Å². The number of likely N-dealkylation sites (tertiary alicyclic amines) is 1. The molecule has 0 bridgehead atoms. The number of hydrogen-bond donors (Lipinski definition) is 2. The van der Waals surface area contributed by atoms with Crippen LogP contribution in [-0.2, 0) is 0 Å². The molecular weight excluding hydrogens is 224 g/mol. The van der Waals surface area contributed by atoms with Gasteiger partial charge in [-0.15, -0.1) is 0 Å². The first kappa shape index (κ1) is 15.9. The summed E-state index contributed by atoms with van der Waals surface area (Å²) in [5.41, 5.74) is 0. The molecule has 0 aromatic rings. The summed E-state index contributed by atoms with van der Waals surface area (Å²) < 4.78 is 0. The number of piperidine rings is 1. The Bertz CT molecular complexity index is 221. The van der Waals surface area contributed by atoms with Gasteiger partial charge in [-0.05, 0) is 51.1 Å². The van der Waals surface area contributed by atoms with E-state index in [1.165, 1.54) is 32.5 Å². The minimum Gasteiger partial charge on any atom is -0.395 e. The van der Waals surface area contributed by atoms with Crippen LogP contribution < -0.4 is 5.32 Å². The zero-order valence-corrected chi connectivity index (χ0v) is 12.7. The van der Waals surface area contributed by atoms with Gasteiger partial charge in [0.1, 0.15) is 0 Å². The van der Waals surface area contributed by atoms with Crippen LogP contribution in [0.4, 0.5) is 0 Å². The van der Waals surface area contributed by atoms with Gasteiger partial charge in [0.05, 0.1) is 6.61 Å². The van der Waals surface area contributed by atoms with Crippen molar-refractivity contribution in [2.75, 3.05) is 26.2 Å². The third kappa shape index (κ3) is 5.25. The van der Waals surface area contributed by atoms with E-state index < -0.39 is 0 Å². The number of aliphatic hydroxyl groups excluding tert-OH is 1. The lowest BCUT2D eigenvalue weighted by Crippen LogP contribution is -2.48. The molecule has 0 radical (unpaired) electrons. The largest absolute Gasteiger partial charge is 0.395 e. The van der Waals surface area contributed by atoms with Crippen LogP contribution >= 0.6 is 0 Å². The van der Waals surface area contributed by atoms with E-state index >= 15 is 0 Å². The molecule has 108 valence electrons. The molecule has 0 amide bonds. The Kier molecular flexibility index (Phi) is 7.20. The van der Waals surface area contributed by atoms with Crippen molar-refractivity contribution in [2.24, 2.45) is 11.8 Å². The first-order valence-electron chi connectivity index (χ1n) is 7.66. The Morgan fingerprint density at radius 1 is 1.33 bits per heavy atom. The molecule has 1 aliphatic heterocycles. The van der Waals surface area contributed by atoms with Gasteiger partial charge in [-0.25, -0.2) is 0 Å². The number of rotatable bonds is 7. The van der Waals surface area contributed by atoms with Crippen molar-refractivity contribution in [3.05, 3.63) is 0 Å². The molecule has 3 unspecified atom stereocenters. The smallest absolute Gasteiger partial charge is 0.0584 e. The van der Waals surface area contributed by atoms with Gasteiger partial charge < -0.3 is 15.3 Å². The molecule has 3 atom stereocenters. The van der Waals surface area contributed by atoms with Gasteiger partial charge in [0.25, 0.3) is 0 Å². The van der Waals surface area contributed by atoms with E-state index in [1.54, 1.807) is 0 Å². The summed E-state index contributed by atoms with van der Waals surface area (Å²) >= 11 is 0. The predicted molar refractivity (Wildman–Crippen MR) is 77.8 cm³/mol. The van der Waals surface area contributed by atoms with Crippen molar-refractivity contribution in [3.8, 4) is 0 Å². The minimum absolute atomic E-state index is 0.257. The van der Waals surface area contributed by atoms with Gasteiger partial charge in [-0.3, -0.25) is 0 Å². The molecule has 1 saturated heterocycles. The summed E-state index contributed by atoms with van der Waals surface area (Å²) in [5, 5.41) is 13.1. The van der Waals surface area contributed by atoms with Crippen molar-refractivity contribution < 1.29 is 5.11 Å². The molecule has 2 N–H and O–H groups in total. The van der Waals surface area contributed by atoms with E-state index in [-0.39, 0.29) is 12.6 Å². The summed E-state index contributed by atoms with van der Waals surface area (Å²) in [6, 6.07) is 0.771. The number of nitrogens with one attached hydrogen (secondary N) is 1. The van der Waals surface area contributed by atoms with E-state index in [0.29, 0.717) is 12.0 Å². The fourth-order valence-electron chi connectivity index (χ4n) is 3.06. The zero-order valence-electron chi connectivity index (χ0n) is 12.7. The second-order valence-corrected chi connectivity index (χ2v) is 6.26. The van der Waals surface area contributed by atoms with Gasteiger partial charge in [-0.2, -0.15) is 0 Å². The van der Waals surface area contributed by atoms with Crippen LogP contribution in [0.15, 0.2) is 0 Å². The monoisotopic (exact) mass is 256 g/mol. The fourth-order valence-corrected chi connectivity index (χ4v) is 3.06. The van der Waals surface area contributed by atoms with E-state index in [0.717, 1.165) is 12.3 Å². The van der Waals surface area contributed by atoms with Crippen molar-refractivity contribution in [1.29, 1.82) is 0 Å².